The van der Waals surface area contributed by atoms with E-state index in [1.807, 2.05) is 24.3 Å². The van der Waals surface area contributed by atoms with Gasteiger partial charge in [-0.15, -0.1) is 0 Å². The molecule has 5 nitrogen and oxygen atoms in total. The standard InChI is InChI=1S/C16H18N2O3/c19-15(17-10-13-5-3-9-21-13)11-18-8-7-12-4-1-2-6-14(12)16(18)20/h1-2,4,6-8,13H,3,5,9-11H2,(H,17,19). The molecular weight excluding hydrogens is 268 g/mol. The summed E-state index contributed by atoms with van der Waals surface area (Å²) in [5, 5.41) is 4.34. The van der Waals surface area contributed by atoms with Crippen molar-refractivity contribution in [1.29, 1.82) is 0 Å². The third kappa shape index (κ3) is 3.13. The number of carbonyl (C=O) groups is 1. The van der Waals surface area contributed by atoms with Crippen LogP contribution in [-0.2, 0) is 16.1 Å². The number of aromatic nitrogens is 1. The van der Waals surface area contributed by atoms with Crippen LogP contribution in [0.2, 0.25) is 0 Å². The first kappa shape index (κ1) is 13.8. The maximum Gasteiger partial charge on any atom is 0.258 e. The summed E-state index contributed by atoms with van der Waals surface area (Å²) in [6.45, 7) is 1.32. The second-order valence-corrected chi connectivity index (χ2v) is 5.28. The normalized spacial score (nSPS) is 18.0. The van der Waals surface area contributed by atoms with Gasteiger partial charge in [-0.05, 0) is 30.4 Å². The molecule has 1 atom stereocenters. The summed E-state index contributed by atoms with van der Waals surface area (Å²) in [5.41, 5.74) is -0.139. The van der Waals surface area contributed by atoms with Gasteiger partial charge in [-0.25, -0.2) is 0 Å². The van der Waals surface area contributed by atoms with Crippen LogP contribution in [0.5, 0.6) is 0 Å². The monoisotopic (exact) mass is 286 g/mol. The predicted molar refractivity (Wildman–Crippen MR) is 80.2 cm³/mol. The number of carbonyl (C=O) groups excluding carboxylic acids is 1. The molecule has 1 aliphatic rings. The highest BCUT2D eigenvalue weighted by Crippen LogP contribution is 2.10. The highest BCUT2D eigenvalue weighted by atomic mass is 16.5. The van der Waals surface area contributed by atoms with E-state index in [0.717, 1.165) is 24.8 Å². The number of hydrogen-bond acceptors (Lipinski definition) is 3. The number of ether oxygens (including phenoxy) is 1. The zero-order valence-electron chi connectivity index (χ0n) is 11.7. The van der Waals surface area contributed by atoms with Crippen molar-refractivity contribution in [1.82, 2.24) is 9.88 Å². The molecule has 0 saturated carbocycles. The largest absolute Gasteiger partial charge is 0.376 e. The summed E-state index contributed by atoms with van der Waals surface area (Å²) in [5.74, 6) is -0.164. The van der Waals surface area contributed by atoms with Crippen LogP contribution in [0.1, 0.15) is 12.8 Å². The number of nitrogens with one attached hydrogen (secondary N) is 1. The van der Waals surface area contributed by atoms with Gasteiger partial charge in [-0.2, -0.15) is 0 Å². The lowest BCUT2D eigenvalue weighted by Crippen LogP contribution is -2.36. The molecular formula is C16H18N2O3. The van der Waals surface area contributed by atoms with Gasteiger partial charge in [0.05, 0.1) is 6.10 Å². The molecule has 0 aliphatic carbocycles. The van der Waals surface area contributed by atoms with E-state index in [-0.39, 0.29) is 24.1 Å². The Bertz CT molecular complexity index is 702. The van der Waals surface area contributed by atoms with Crippen LogP contribution >= 0.6 is 0 Å². The van der Waals surface area contributed by atoms with Gasteiger partial charge in [-0.3, -0.25) is 9.59 Å². The lowest BCUT2D eigenvalue weighted by Gasteiger charge is -2.12. The van der Waals surface area contributed by atoms with Crippen LogP contribution in [0.3, 0.4) is 0 Å². The summed E-state index contributed by atoms with van der Waals surface area (Å²) in [6, 6.07) is 9.23. The van der Waals surface area contributed by atoms with Gasteiger partial charge in [-0.1, -0.05) is 18.2 Å². The Labute approximate surface area is 122 Å². The molecule has 1 aromatic carbocycles. The summed E-state index contributed by atoms with van der Waals surface area (Å²) in [6.07, 6.45) is 3.80. The zero-order valence-corrected chi connectivity index (χ0v) is 11.7. The summed E-state index contributed by atoms with van der Waals surface area (Å²) >= 11 is 0. The average molecular weight is 286 g/mol. The quantitative estimate of drug-likeness (QED) is 0.921. The average Bonchev–Trinajstić information content (AvgIpc) is 3.02. The first-order valence-electron chi connectivity index (χ1n) is 7.20. The van der Waals surface area contributed by atoms with Crippen LogP contribution in [0.4, 0.5) is 0 Å². The number of amides is 1. The van der Waals surface area contributed by atoms with Crippen molar-refractivity contribution >= 4 is 16.7 Å². The molecule has 1 saturated heterocycles. The highest BCUT2D eigenvalue weighted by molar-refractivity contribution is 5.82. The molecule has 5 heteroatoms. The van der Waals surface area contributed by atoms with E-state index < -0.39 is 0 Å². The number of nitrogens with zero attached hydrogens (tertiary/aromatic N) is 1. The van der Waals surface area contributed by atoms with Crippen molar-refractivity contribution in [2.45, 2.75) is 25.5 Å². The number of benzene rings is 1. The SMILES string of the molecule is O=C(Cn1ccc2ccccc2c1=O)NCC1CCCO1. The number of rotatable bonds is 4. The van der Waals surface area contributed by atoms with E-state index in [0.29, 0.717) is 11.9 Å². The topological polar surface area (TPSA) is 60.3 Å². The van der Waals surface area contributed by atoms with Crippen LogP contribution in [0.25, 0.3) is 10.8 Å². The molecule has 3 rings (SSSR count). The fourth-order valence-electron chi connectivity index (χ4n) is 2.60. The molecule has 2 aromatic rings. The van der Waals surface area contributed by atoms with Gasteiger partial charge in [0.2, 0.25) is 5.91 Å². The molecule has 1 amide bonds. The Morgan fingerprint density at radius 2 is 2.19 bits per heavy atom. The second kappa shape index (κ2) is 6.10. The van der Waals surface area contributed by atoms with Crippen LogP contribution in [0.15, 0.2) is 41.3 Å². The van der Waals surface area contributed by atoms with Crippen molar-refractivity contribution in [2.24, 2.45) is 0 Å². The lowest BCUT2D eigenvalue weighted by molar-refractivity contribution is -0.122. The highest BCUT2D eigenvalue weighted by Gasteiger charge is 2.16. The maximum atomic E-state index is 12.3. The van der Waals surface area contributed by atoms with E-state index in [2.05, 4.69) is 5.32 Å². The minimum absolute atomic E-state index is 0.0381. The molecule has 1 N–H and O–H groups in total. The van der Waals surface area contributed by atoms with Gasteiger partial charge in [0.1, 0.15) is 6.54 Å². The third-order valence-corrected chi connectivity index (χ3v) is 3.75. The van der Waals surface area contributed by atoms with Crippen molar-refractivity contribution in [3.8, 4) is 0 Å². The minimum atomic E-state index is -0.164. The van der Waals surface area contributed by atoms with Gasteiger partial charge < -0.3 is 14.6 Å². The van der Waals surface area contributed by atoms with Crippen LogP contribution in [-0.4, -0.2) is 29.7 Å². The number of fused-ring (bicyclic) bond motifs is 1. The Morgan fingerprint density at radius 3 is 3.00 bits per heavy atom. The van der Waals surface area contributed by atoms with E-state index in [4.69, 9.17) is 4.74 Å². The number of pyridine rings is 1. The molecule has 110 valence electrons. The minimum Gasteiger partial charge on any atom is -0.376 e. The summed E-state index contributed by atoms with van der Waals surface area (Å²) in [7, 11) is 0. The summed E-state index contributed by atoms with van der Waals surface area (Å²) in [4.78, 5) is 24.2. The van der Waals surface area contributed by atoms with Gasteiger partial charge >= 0.3 is 0 Å². The van der Waals surface area contributed by atoms with Gasteiger partial charge in [0, 0.05) is 24.7 Å². The molecule has 1 fully saturated rings. The van der Waals surface area contributed by atoms with Crippen LogP contribution in [0, 0.1) is 0 Å². The Balaban J connectivity index is 1.68. The van der Waals surface area contributed by atoms with Crippen molar-refractivity contribution in [2.75, 3.05) is 13.2 Å². The number of hydrogen-bond donors (Lipinski definition) is 1. The van der Waals surface area contributed by atoms with Gasteiger partial charge in [0.15, 0.2) is 0 Å². The van der Waals surface area contributed by atoms with E-state index >= 15 is 0 Å². The first-order valence-corrected chi connectivity index (χ1v) is 7.20. The maximum absolute atomic E-state index is 12.3. The Hall–Kier alpha value is -2.14. The zero-order chi connectivity index (χ0) is 14.7. The lowest BCUT2D eigenvalue weighted by atomic mass is 10.2. The van der Waals surface area contributed by atoms with Crippen molar-refractivity contribution in [3.63, 3.8) is 0 Å². The van der Waals surface area contributed by atoms with E-state index in [1.54, 1.807) is 12.3 Å². The smallest absolute Gasteiger partial charge is 0.258 e. The van der Waals surface area contributed by atoms with Crippen molar-refractivity contribution in [3.05, 3.63) is 46.9 Å². The molecule has 1 aromatic heterocycles. The van der Waals surface area contributed by atoms with Gasteiger partial charge in [0.25, 0.3) is 5.56 Å². The Kier molecular flexibility index (Phi) is 4.01. The fourth-order valence-corrected chi connectivity index (χ4v) is 2.60. The van der Waals surface area contributed by atoms with Crippen LogP contribution < -0.4 is 10.9 Å². The molecule has 0 bridgehead atoms. The molecule has 2 heterocycles. The predicted octanol–water partition coefficient (Wildman–Crippen LogP) is 1.30. The molecule has 1 unspecified atom stereocenters. The van der Waals surface area contributed by atoms with Crippen molar-refractivity contribution < 1.29 is 9.53 Å². The fraction of sp³-hybridized carbons (Fsp3) is 0.375. The Morgan fingerprint density at radius 1 is 1.33 bits per heavy atom. The molecule has 1 aliphatic heterocycles. The third-order valence-electron chi connectivity index (χ3n) is 3.75. The molecule has 21 heavy (non-hydrogen) atoms. The second-order valence-electron chi connectivity index (χ2n) is 5.28. The summed E-state index contributed by atoms with van der Waals surface area (Å²) < 4.78 is 6.89. The molecule has 0 radical (unpaired) electrons. The van der Waals surface area contributed by atoms with E-state index in [9.17, 15) is 9.59 Å². The first-order chi connectivity index (χ1) is 10.2. The van der Waals surface area contributed by atoms with E-state index in [1.165, 1.54) is 4.57 Å². The molecule has 0 spiro atoms.